The van der Waals surface area contributed by atoms with Crippen LogP contribution in [0.3, 0.4) is 0 Å². The zero-order chi connectivity index (χ0) is 12.3. The van der Waals surface area contributed by atoms with Crippen molar-refractivity contribution in [3.8, 4) is 0 Å². The van der Waals surface area contributed by atoms with Crippen LogP contribution in [0.4, 0.5) is 4.79 Å². The number of nitrogens with one attached hydrogen (secondary N) is 2. The lowest BCUT2D eigenvalue weighted by atomic mass is 9.75. The van der Waals surface area contributed by atoms with Gasteiger partial charge in [-0.1, -0.05) is 6.92 Å². The second-order valence-electron chi connectivity index (χ2n) is 7.10. The molecule has 4 aliphatic carbocycles. The zero-order valence-electron chi connectivity index (χ0n) is 11.2. The second kappa shape index (κ2) is 3.64. The van der Waals surface area contributed by atoms with Gasteiger partial charge in [0.15, 0.2) is 0 Å². The Balaban J connectivity index is 1.32. The topological polar surface area (TPSA) is 41.1 Å². The maximum Gasteiger partial charge on any atom is 0.315 e. The molecule has 100 valence electrons. The molecule has 4 unspecified atom stereocenters. The minimum atomic E-state index is 0.107. The molecule has 3 nitrogen and oxygen atoms in total. The van der Waals surface area contributed by atoms with Gasteiger partial charge >= 0.3 is 6.03 Å². The van der Waals surface area contributed by atoms with Crippen LogP contribution in [-0.4, -0.2) is 17.6 Å². The highest BCUT2D eigenvalue weighted by Gasteiger charge is 2.65. The fourth-order valence-electron chi connectivity index (χ4n) is 5.12. The Labute approximate surface area is 109 Å². The summed E-state index contributed by atoms with van der Waals surface area (Å²) < 4.78 is 0. The van der Waals surface area contributed by atoms with Crippen LogP contribution in [0.1, 0.15) is 51.9 Å². The number of rotatable bonds is 3. The predicted molar refractivity (Wildman–Crippen MR) is 70.1 cm³/mol. The van der Waals surface area contributed by atoms with Crippen molar-refractivity contribution in [2.24, 2.45) is 23.7 Å². The molecular weight excluding hydrogens is 224 g/mol. The van der Waals surface area contributed by atoms with E-state index >= 15 is 0 Å². The summed E-state index contributed by atoms with van der Waals surface area (Å²) >= 11 is 0. The Hall–Kier alpha value is -0.730. The van der Waals surface area contributed by atoms with Crippen LogP contribution in [0.2, 0.25) is 0 Å². The van der Waals surface area contributed by atoms with E-state index in [0.29, 0.717) is 6.04 Å². The van der Waals surface area contributed by atoms with E-state index in [1.165, 1.54) is 38.5 Å². The van der Waals surface area contributed by atoms with E-state index in [1.807, 2.05) is 0 Å². The maximum atomic E-state index is 12.1. The molecule has 4 rings (SSSR count). The summed E-state index contributed by atoms with van der Waals surface area (Å²) in [4.78, 5) is 12.1. The minimum absolute atomic E-state index is 0.107. The Bertz CT molecular complexity index is 355. The third-order valence-corrected chi connectivity index (χ3v) is 6.40. The molecule has 4 atom stereocenters. The number of fused-ring (bicyclic) bond motifs is 5. The van der Waals surface area contributed by atoms with Gasteiger partial charge in [-0.3, -0.25) is 0 Å². The highest BCUT2D eigenvalue weighted by molar-refractivity contribution is 5.76. The number of carbonyl (C=O) groups is 1. The standard InChI is InChI=1S/C15H24N2O/c1-2-15(6-3-7-15)17-14(18)16-13-11-9-4-5-10(8-9)12(11)13/h9-13H,2-8H2,1H3,(H2,16,17,18). The first-order valence-corrected chi connectivity index (χ1v) is 7.81. The molecule has 4 saturated carbocycles. The van der Waals surface area contributed by atoms with Crippen LogP contribution in [0.5, 0.6) is 0 Å². The predicted octanol–water partition coefficient (Wildman–Crippen LogP) is 2.66. The van der Waals surface area contributed by atoms with E-state index in [2.05, 4.69) is 17.6 Å². The summed E-state index contributed by atoms with van der Waals surface area (Å²) in [7, 11) is 0. The lowest BCUT2D eigenvalue weighted by Gasteiger charge is -2.42. The summed E-state index contributed by atoms with van der Waals surface area (Å²) in [6.45, 7) is 2.19. The van der Waals surface area contributed by atoms with Gasteiger partial charge in [0.05, 0.1) is 0 Å². The summed E-state index contributed by atoms with van der Waals surface area (Å²) in [5.41, 5.74) is 0.132. The van der Waals surface area contributed by atoms with Gasteiger partial charge in [0.25, 0.3) is 0 Å². The highest BCUT2D eigenvalue weighted by atomic mass is 16.2. The third-order valence-electron chi connectivity index (χ3n) is 6.40. The van der Waals surface area contributed by atoms with Crippen molar-refractivity contribution in [1.82, 2.24) is 10.6 Å². The van der Waals surface area contributed by atoms with Crippen molar-refractivity contribution in [2.75, 3.05) is 0 Å². The van der Waals surface area contributed by atoms with E-state index in [9.17, 15) is 4.79 Å². The van der Waals surface area contributed by atoms with Gasteiger partial charge in [-0.2, -0.15) is 0 Å². The Morgan fingerprint density at radius 2 is 1.89 bits per heavy atom. The molecule has 2 amide bonds. The first-order chi connectivity index (χ1) is 8.72. The molecule has 0 aromatic carbocycles. The minimum Gasteiger partial charge on any atom is -0.335 e. The van der Waals surface area contributed by atoms with Crippen molar-refractivity contribution in [1.29, 1.82) is 0 Å². The Morgan fingerprint density at radius 3 is 2.39 bits per heavy atom. The van der Waals surface area contributed by atoms with Gasteiger partial charge < -0.3 is 10.6 Å². The van der Waals surface area contributed by atoms with Crippen molar-refractivity contribution < 1.29 is 4.79 Å². The molecule has 3 heteroatoms. The fraction of sp³-hybridized carbons (Fsp3) is 0.933. The molecule has 0 aromatic heterocycles. The molecule has 0 aliphatic heterocycles. The monoisotopic (exact) mass is 248 g/mol. The third kappa shape index (κ3) is 1.45. The van der Waals surface area contributed by atoms with Crippen LogP contribution in [-0.2, 0) is 0 Å². The number of carbonyl (C=O) groups excluding carboxylic acids is 1. The van der Waals surface area contributed by atoms with E-state index in [1.54, 1.807) is 0 Å². The zero-order valence-corrected chi connectivity index (χ0v) is 11.2. The second-order valence-corrected chi connectivity index (χ2v) is 7.10. The number of urea groups is 1. The lowest BCUT2D eigenvalue weighted by molar-refractivity contribution is 0.171. The quantitative estimate of drug-likeness (QED) is 0.792. The summed E-state index contributed by atoms with van der Waals surface area (Å²) in [6.07, 6.45) is 8.97. The van der Waals surface area contributed by atoms with E-state index in [4.69, 9.17) is 0 Å². The summed E-state index contributed by atoms with van der Waals surface area (Å²) in [5.74, 6) is 3.56. The molecule has 0 saturated heterocycles. The Morgan fingerprint density at radius 1 is 1.22 bits per heavy atom. The molecule has 18 heavy (non-hydrogen) atoms. The van der Waals surface area contributed by atoms with Crippen LogP contribution < -0.4 is 10.6 Å². The van der Waals surface area contributed by atoms with Gasteiger partial charge in [0.1, 0.15) is 0 Å². The maximum absolute atomic E-state index is 12.1. The van der Waals surface area contributed by atoms with Crippen molar-refractivity contribution >= 4 is 6.03 Å². The number of amides is 2. The smallest absolute Gasteiger partial charge is 0.315 e. The molecule has 0 heterocycles. The fourth-order valence-corrected chi connectivity index (χ4v) is 5.12. The van der Waals surface area contributed by atoms with Gasteiger partial charge in [0.2, 0.25) is 0 Å². The summed E-state index contributed by atoms with van der Waals surface area (Å²) in [5, 5.41) is 6.51. The average molecular weight is 248 g/mol. The average Bonchev–Trinajstić information content (AvgIpc) is 2.73. The molecule has 4 aliphatic rings. The summed E-state index contributed by atoms with van der Waals surface area (Å²) in [6, 6.07) is 0.626. The van der Waals surface area contributed by atoms with Crippen LogP contribution >= 0.6 is 0 Å². The first kappa shape index (κ1) is 11.1. The van der Waals surface area contributed by atoms with Gasteiger partial charge in [0, 0.05) is 11.6 Å². The Kier molecular flexibility index (Phi) is 2.25. The molecule has 2 N–H and O–H groups in total. The largest absolute Gasteiger partial charge is 0.335 e. The van der Waals surface area contributed by atoms with Crippen molar-refractivity contribution in [2.45, 2.75) is 63.5 Å². The van der Waals surface area contributed by atoms with Crippen molar-refractivity contribution in [3.63, 3.8) is 0 Å². The van der Waals surface area contributed by atoms with Crippen molar-refractivity contribution in [3.05, 3.63) is 0 Å². The van der Waals surface area contributed by atoms with E-state index in [-0.39, 0.29) is 11.6 Å². The molecule has 2 bridgehead atoms. The van der Waals surface area contributed by atoms with Gasteiger partial charge in [-0.15, -0.1) is 0 Å². The van der Waals surface area contributed by atoms with Gasteiger partial charge in [-0.05, 0) is 68.6 Å². The molecule has 4 fully saturated rings. The van der Waals surface area contributed by atoms with Crippen LogP contribution in [0.15, 0.2) is 0 Å². The van der Waals surface area contributed by atoms with E-state index in [0.717, 1.165) is 30.1 Å². The molecule has 0 aromatic rings. The first-order valence-electron chi connectivity index (χ1n) is 7.81. The van der Waals surface area contributed by atoms with Gasteiger partial charge in [-0.25, -0.2) is 4.79 Å². The SMILES string of the molecule is CCC1(NC(=O)NC2C3C4CCC(C4)C23)CCC1. The van der Waals surface area contributed by atoms with Crippen LogP contribution in [0, 0.1) is 23.7 Å². The molecular formula is C15H24N2O. The molecule has 0 radical (unpaired) electrons. The molecule has 0 spiro atoms. The van der Waals surface area contributed by atoms with E-state index < -0.39 is 0 Å². The number of hydrogen-bond acceptors (Lipinski definition) is 1. The normalized spacial score (nSPS) is 46.2. The highest BCUT2D eigenvalue weighted by Crippen LogP contribution is 2.65. The number of hydrogen-bond donors (Lipinski definition) is 2. The lowest BCUT2D eigenvalue weighted by Crippen LogP contribution is -2.56. The van der Waals surface area contributed by atoms with Crippen LogP contribution in [0.25, 0.3) is 0 Å².